The fourth-order valence-corrected chi connectivity index (χ4v) is 3.13. The minimum absolute atomic E-state index is 0.210. The van der Waals surface area contributed by atoms with Crippen LogP contribution < -0.4 is 9.64 Å². The van der Waals surface area contributed by atoms with Gasteiger partial charge in [-0.3, -0.25) is 4.90 Å². The molecular formula is C19H22ClFN2O2. The second-order valence-corrected chi connectivity index (χ2v) is 6.57. The molecule has 0 aromatic heterocycles. The van der Waals surface area contributed by atoms with Crippen LogP contribution in [0.5, 0.6) is 5.75 Å². The summed E-state index contributed by atoms with van der Waals surface area (Å²) in [6, 6.07) is 13.8. The smallest absolute Gasteiger partial charge is 0.138 e. The van der Waals surface area contributed by atoms with Crippen molar-refractivity contribution in [1.82, 2.24) is 4.90 Å². The van der Waals surface area contributed by atoms with Crippen molar-refractivity contribution in [3.8, 4) is 5.75 Å². The lowest BCUT2D eigenvalue weighted by atomic mass is 10.2. The van der Waals surface area contributed by atoms with Crippen LogP contribution in [0.25, 0.3) is 0 Å². The number of aliphatic hydroxyl groups is 1. The Labute approximate surface area is 152 Å². The highest BCUT2D eigenvalue weighted by molar-refractivity contribution is 6.32. The standard InChI is InChI=1S/C19H22ClFN2O2/c20-18-3-1-2-4-19(18)25-14-17(24)13-22-9-11-23(12-10-22)16-7-5-15(21)6-8-16/h1-8,17,24H,9-14H2/t17-/m0/s1. The Morgan fingerprint density at radius 1 is 1.04 bits per heavy atom. The fraction of sp³-hybridized carbons (Fsp3) is 0.368. The molecule has 1 atom stereocenters. The summed E-state index contributed by atoms with van der Waals surface area (Å²) in [6.45, 7) is 4.16. The van der Waals surface area contributed by atoms with Crippen molar-refractivity contribution in [3.63, 3.8) is 0 Å². The number of nitrogens with zero attached hydrogens (tertiary/aromatic N) is 2. The third-order valence-corrected chi connectivity index (χ3v) is 4.61. The normalized spacial score (nSPS) is 16.7. The predicted molar refractivity (Wildman–Crippen MR) is 98.0 cm³/mol. The highest BCUT2D eigenvalue weighted by atomic mass is 35.5. The van der Waals surface area contributed by atoms with Gasteiger partial charge in [-0.1, -0.05) is 23.7 Å². The van der Waals surface area contributed by atoms with Crippen molar-refractivity contribution >= 4 is 17.3 Å². The van der Waals surface area contributed by atoms with Gasteiger partial charge in [0, 0.05) is 38.4 Å². The van der Waals surface area contributed by atoms with E-state index in [0.717, 1.165) is 31.9 Å². The van der Waals surface area contributed by atoms with E-state index in [1.165, 1.54) is 12.1 Å². The Kier molecular flexibility index (Phi) is 6.13. The Hall–Kier alpha value is -1.82. The molecule has 0 saturated carbocycles. The van der Waals surface area contributed by atoms with Gasteiger partial charge in [0.25, 0.3) is 0 Å². The molecule has 0 aliphatic carbocycles. The van der Waals surface area contributed by atoms with Gasteiger partial charge in [-0.05, 0) is 36.4 Å². The summed E-state index contributed by atoms with van der Waals surface area (Å²) in [4.78, 5) is 4.43. The lowest BCUT2D eigenvalue weighted by Gasteiger charge is -2.36. The van der Waals surface area contributed by atoms with E-state index >= 15 is 0 Å². The molecule has 3 rings (SSSR count). The molecule has 25 heavy (non-hydrogen) atoms. The molecule has 2 aromatic carbocycles. The molecule has 1 heterocycles. The number of hydrogen-bond acceptors (Lipinski definition) is 4. The number of para-hydroxylation sites is 1. The van der Waals surface area contributed by atoms with Gasteiger partial charge in [0.05, 0.1) is 5.02 Å². The van der Waals surface area contributed by atoms with Crippen LogP contribution in [0.2, 0.25) is 5.02 Å². The first kappa shape index (κ1) is 18.0. The van der Waals surface area contributed by atoms with Crippen LogP contribution in [0, 0.1) is 5.82 Å². The zero-order chi connectivity index (χ0) is 17.6. The Bertz CT molecular complexity index is 675. The van der Waals surface area contributed by atoms with E-state index in [1.54, 1.807) is 24.3 Å². The maximum Gasteiger partial charge on any atom is 0.138 e. The highest BCUT2D eigenvalue weighted by Crippen LogP contribution is 2.23. The molecule has 0 bridgehead atoms. The number of halogens is 2. The van der Waals surface area contributed by atoms with Gasteiger partial charge in [0.2, 0.25) is 0 Å². The molecule has 0 radical (unpaired) electrons. The lowest BCUT2D eigenvalue weighted by molar-refractivity contribution is 0.0663. The minimum atomic E-state index is -0.575. The van der Waals surface area contributed by atoms with Crippen molar-refractivity contribution in [3.05, 3.63) is 59.4 Å². The first-order valence-electron chi connectivity index (χ1n) is 8.40. The molecule has 2 aromatic rings. The van der Waals surface area contributed by atoms with Crippen molar-refractivity contribution in [2.75, 3.05) is 44.2 Å². The van der Waals surface area contributed by atoms with Crippen LogP contribution >= 0.6 is 11.6 Å². The molecule has 1 fully saturated rings. The summed E-state index contributed by atoms with van der Waals surface area (Å²) >= 11 is 6.04. The van der Waals surface area contributed by atoms with E-state index in [-0.39, 0.29) is 12.4 Å². The summed E-state index contributed by atoms with van der Waals surface area (Å²) in [7, 11) is 0. The number of aliphatic hydroxyl groups excluding tert-OH is 1. The first-order valence-corrected chi connectivity index (χ1v) is 8.78. The SMILES string of the molecule is O[C@H](COc1ccccc1Cl)CN1CCN(c2ccc(F)cc2)CC1. The van der Waals surface area contributed by atoms with Crippen LogP contribution in [0.3, 0.4) is 0 Å². The fourth-order valence-electron chi connectivity index (χ4n) is 2.94. The number of rotatable bonds is 6. The number of anilines is 1. The molecule has 4 nitrogen and oxygen atoms in total. The Morgan fingerprint density at radius 2 is 1.72 bits per heavy atom. The van der Waals surface area contributed by atoms with Crippen LogP contribution in [-0.2, 0) is 0 Å². The number of β-amino-alcohol motifs (C(OH)–C–C–N with tert-alkyl or cyclic N) is 1. The number of piperazine rings is 1. The number of benzene rings is 2. The van der Waals surface area contributed by atoms with Gasteiger partial charge in [-0.2, -0.15) is 0 Å². The molecule has 1 aliphatic heterocycles. The maximum atomic E-state index is 13.0. The molecule has 0 amide bonds. The monoisotopic (exact) mass is 364 g/mol. The van der Waals surface area contributed by atoms with Crippen LogP contribution in [0.15, 0.2) is 48.5 Å². The molecule has 134 valence electrons. The zero-order valence-electron chi connectivity index (χ0n) is 13.9. The van der Waals surface area contributed by atoms with Gasteiger partial charge in [0.15, 0.2) is 0 Å². The zero-order valence-corrected chi connectivity index (χ0v) is 14.7. The van der Waals surface area contributed by atoms with Gasteiger partial charge in [-0.25, -0.2) is 4.39 Å². The minimum Gasteiger partial charge on any atom is -0.489 e. The summed E-state index contributed by atoms with van der Waals surface area (Å²) in [6.07, 6.45) is -0.575. The summed E-state index contributed by atoms with van der Waals surface area (Å²) < 4.78 is 18.6. The molecule has 0 unspecified atom stereocenters. The Balaban J connectivity index is 1.42. The van der Waals surface area contributed by atoms with E-state index in [0.29, 0.717) is 17.3 Å². The molecule has 6 heteroatoms. The van der Waals surface area contributed by atoms with Gasteiger partial charge < -0.3 is 14.7 Å². The molecule has 0 spiro atoms. The lowest BCUT2D eigenvalue weighted by Crippen LogP contribution is -2.49. The van der Waals surface area contributed by atoms with Crippen molar-refractivity contribution in [2.45, 2.75) is 6.10 Å². The van der Waals surface area contributed by atoms with Gasteiger partial charge in [-0.15, -0.1) is 0 Å². The van der Waals surface area contributed by atoms with Crippen molar-refractivity contribution < 1.29 is 14.2 Å². The van der Waals surface area contributed by atoms with E-state index in [1.807, 2.05) is 12.1 Å². The van der Waals surface area contributed by atoms with Crippen molar-refractivity contribution in [2.24, 2.45) is 0 Å². The Morgan fingerprint density at radius 3 is 2.40 bits per heavy atom. The molecule has 1 N–H and O–H groups in total. The van der Waals surface area contributed by atoms with E-state index in [4.69, 9.17) is 16.3 Å². The van der Waals surface area contributed by atoms with Crippen LogP contribution in [-0.4, -0.2) is 55.4 Å². The first-order chi connectivity index (χ1) is 12.1. The second-order valence-electron chi connectivity index (χ2n) is 6.16. The average molecular weight is 365 g/mol. The molecule has 1 aliphatic rings. The quantitative estimate of drug-likeness (QED) is 0.854. The maximum absolute atomic E-state index is 13.0. The summed E-state index contributed by atoms with van der Waals surface area (Å²) in [5.41, 5.74) is 1.03. The van der Waals surface area contributed by atoms with Crippen LogP contribution in [0.4, 0.5) is 10.1 Å². The predicted octanol–water partition coefficient (Wildman–Crippen LogP) is 3.04. The van der Waals surface area contributed by atoms with E-state index in [9.17, 15) is 9.50 Å². The molecular weight excluding hydrogens is 343 g/mol. The largest absolute Gasteiger partial charge is 0.489 e. The third-order valence-electron chi connectivity index (χ3n) is 4.30. The van der Waals surface area contributed by atoms with E-state index < -0.39 is 6.10 Å². The van der Waals surface area contributed by atoms with E-state index in [2.05, 4.69) is 9.80 Å². The summed E-state index contributed by atoms with van der Waals surface area (Å²) in [5.74, 6) is 0.369. The number of hydrogen-bond donors (Lipinski definition) is 1. The summed E-state index contributed by atoms with van der Waals surface area (Å²) in [5, 5.41) is 10.7. The second kappa shape index (κ2) is 8.52. The topological polar surface area (TPSA) is 35.9 Å². The highest BCUT2D eigenvalue weighted by Gasteiger charge is 2.20. The number of ether oxygens (including phenoxy) is 1. The average Bonchev–Trinajstić information content (AvgIpc) is 2.62. The van der Waals surface area contributed by atoms with Gasteiger partial charge in [0.1, 0.15) is 24.3 Å². The van der Waals surface area contributed by atoms with Crippen LogP contribution in [0.1, 0.15) is 0 Å². The molecule has 1 saturated heterocycles. The van der Waals surface area contributed by atoms with Gasteiger partial charge >= 0.3 is 0 Å². The van der Waals surface area contributed by atoms with Crippen molar-refractivity contribution in [1.29, 1.82) is 0 Å². The third kappa shape index (κ3) is 5.08.